The van der Waals surface area contributed by atoms with Crippen molar-refractivity contribution in [1.29, 1.82) is 5.26 Å². The SMILES string of the molecule is CCCC(=O)NC1CCC(NC(=O)CN2CCN(CC(=O)O)CCN(CC(=O)O)CC2)CC1.N#CC1CC(F)(F)CN1C(=O)CNC(=O)c1ccnc2c(NC=O)cccc12. The third-order valence-corrected chi connectivity index (χ3v) is 10.6. The highest BCUT2D eigenvalue weighted by atomic mass is 19.3. The van der Waals surface area contributed by atoms with E-state index in [1.165, 1.54) is 12.3 Å². The maximum atomic E-state index is 13.5. The molecule has 21 heteroatoms. The maximum Gasteiger partial charge on any atom is 0.317 e. The van der Waals surface area contributed by atoms with Crippen molar-refractivity contribution < 1.29 is 52.6 Å². The molecule has 0 bridgehead atoms. The van der Waals surface area contributed by atoms with Crippen LogP contribution in [0.1, 0.15) is 62.2 Å². The molecule has 3 aliphatic rings. The van der Waals surface area contributed by atoms with Crippen LogP contribution in [0.25, 0.3) is 10.9 Å². The number of amides is 5. The smallest absolute Gasteiger partial charge is 0.317 e. The second-order valence-corrected chi connectivity index (χ2v) is 15.3. The van der Waals surface area contributed by atoms with Crippen LogP contribution in [0.3, 0.4) is 0 Å². The molecule has 1 unspecified atom stereocenters. The first-order valence-corrected chi connectivity index (χ1v) is 20.2. The molecule has 1 saturated carbocycles. The number of nitrogens with one attached hydrogen (secondary N) is 4. The van der Waals surface area contributed by atoms with Crippen molar-refractivity contribution >= 4 is 58.6 Å². The van der Waals surface area contributed by atoms with Crippen molar-refractivity contribution in [2.45, 2.75) is 75.9 Å². The van der Waals surface area contributed by atoms with E-state index in [-0.39, 0.29) is 49.1 Å². The quantitative estimate of drug-likeness (QED) is 0.135. The average Bonchev–Trinajstić information content (AvgIpc) is 3.57. The molecule has 2 aromatic rings. The van der Waals surface area contributed by atoms with Crippen molar-refractivity contribution in [3.05, 3.63) is 36.0 Å². The van der Waals surface area contributed by atoms with Crippen LogP contribution in [-0.2, 0) is 28.8 Å². The standard InChI is InChI=1S/C22H39N5O6.C18H15F2N5O3/c1-2-3-19(28)23-17-4-6-18(7-5-17)24-20(29)14-25-8-10-26(15-21(30)31)12-13-27(11-9-25)16-22(32)33;19-18(20)6-11(7-21)25(9-18)15(27)8-23-17(28)13-4-5-22-16-12(13)2-1-3-14(16)24-10-26/h17-18H,2-16H2,1H3,(H,23,28)(H,24,29)(H,30,31)(H,32,33);1-5,10-11H,6,8-9H2,(H,23,28)(H,24,26). The number of carboxylic acid groups (broad SMARTS) is 2. The van der Waals surface area contributed by atoms with Gasteiger partial charge in [0.25, 0.3) is 11.8 Å². The number of anilines is 1. The first-order chi connectivity index (χ1) is 29.1. The molecular formula is C40H54F2N10O9. The Morgan fingerprint density at radius 1 is 0.869 bits per heavy atom. The van der Waals surface area contributed by atoms with E-state index in [2.05, 4.69) is 26.3 Å². The summed E-state index contributed by atoms with van der Waals surface area (Å²) < 4.78 is 26.9. The number of halogens is 2. The number of pyridine rings is 1. The zero-order valence-corrected chi connectivity index (χ0v) is 34.1. The Morgan fingerprint density at radius 3 is 1.95 bits per heavy atom. The molecule has 2 saturated heterocycles. The number of alkyl halides is 2. The molecule has 0 radical (unpaired) electrons. The number of carbonyl (C=O) groups excluding carboxylic acids is 5. The first-order valence-electron chi connectivity index (χ1n) is 20.2. The number of hydrogen-bond acceptors (Lipinski definition) is 12. The molecule has 1 aromatic carbocycles. The summed E-state index contributed by atoms with van der Waals surface area (Å²) in [6.45, 7) is 3.60. The number of fused-ring (bicyclic) bond motifs is 1. The second kappa shape index (κ2) is 23.2. The molecule has 0 spiro atoms. The van der Waals surface area contributed by atoms with Crippen LogP contribution in [0.5, 0.6) is 0 Å². The summed E-state index contributed by atoms with van der Waals surface area (Å²) in [7, 11) is 0. The minimum Gasteiger partial charge on any atom is -0.480 e. The maximum absolute atomic E-state index is 13.5. The van der Waals surface area contributed by atoms with Crippen molar-refractivity contribution in [1.82, 2.24) is 40.5 Å². The minimum absolute atomic E-state index is 0.0812. The fourth-order valence-electron chi connectivity index (χ4n) is 7.53. The zero-order valence-electron chi connectivity index (χ0n) is 34.1. The lowest BCUT2D eigenvalue weighted by Gasteiger charge is -2.31. The number of benzene rings is 1. The van der Waals surface area contributed by atoms with Crippen molar-refractivity contribution in [2.75, 3.05) is 77.3 Å². The van der Waals surface area contributed by atoms with E-state index in [9.17, 15) is 42.3 Å². The number of nitriles is 1. The van der Waals surface area contributed by atoms with Gasteiger partial charge in [0, 0.05) is 75.8 Å². The Bertz CT molecular complexity index is 1900. The monoisotopic (exact) mass is 856 g/mol. The summed E-state index contributed by atoms with van der Waals surface area (Å²) in [5, 5.41) is 38.7. The van der Waals surface area contributed by atoms with E-state index in [1.807, 2.05) is 11.8 Å². The molecule has 3 fully saturated rings. The summed E-state index contributed by atoms with van der Waals surface area (Å²) >= 11 is 0. The predicted molar refractivity (Wildman–Crippen MR) is 216 cm³/mol. The van der Waals surface area contributed by atoms with Gasteiger partial charge in [0.2, 0.25) is 24.1 Å². The van der Waals surface area contributed by atoms with Crippen LogP contribution >= 0.6 is 0 Å². The van der Waals surface area contributed by atoms with Gasteiger partial charge >= 0.3 is 11.9 Å². The summed E-state index contributed by atoms with van der Waals surface area (Å²) in [4.78, 5) is 92.6. The summed E-state index contributed by atoms with van der Waals surface area (Å²) in [5.41, 5.74) is 1.00. The number of hydrogen-bond donors (Lipinski definition) is 6. The summed E-state index contributed by atoms with van der Waals surface area (Å²) in [6, 6.07) is 7.03. The molecule has 1 aromatic heterocycles. The molecule has 61 heavy (non-hydrogen) atoms. The van der Waals surface area contributed by atoms with Gasteiger partial charge in [-0.2, -0.15) is 5.26 Å². The fraction of sp³-hybridized carbons (Fsp3) is 0.575. The Hall–Kier alpha value is -5.85. The molecule has 19 nitrogen and oxygen atoms in total. The molecule has 3 heterocycles. The van der Waals surface area contributed by atoms with E-state index in [1.54, 1.807) is 34.1 Å². The van der Waals surface area contributed by atoms with Gasteiger partial charge in [-0.1, -0.05) is 19.1 Å². The Kier molecular flexibility index (Phi) is 18.2. The van der Waals surface area contributed by atoms with Crippen LogP contribution < -0.4 is 21.3 Å². The van der Waals surface area contributed by atoms with E-state index >= 15 is 0 Å². The van der Waals surface area contributed by atoms with E-state index in [4.69, 9.17) is 15.5 Å². The number of aromatic nitrogens is 1. The van der Waals surface area contributed by atoms with Gasteiger partial charge in [-0.25, -0.2) is 8.78 Å². The van der Waals surface area contributed by atoms with Crippen molar-refractivity contribution in [3.63, 3.8) is 0 Å². The normalized spacial score (nSPS) is 21.0. The molecule has 5 rings (SSSR count). The molecule has 332 valence electrons. The fourth-order valence-corrected chi connectivity index (χ4v) is 7.53. The van der Waals surface area contributed by atoms with Crippen molar-refractivity contribution in [3.8, 4) is 6.07 Å². The van der Waals surface area contributed by atoms with Crippen LogP contribution in [0.15, 0.2) is 30.5 Å². The minimum atomic E-state index is -3.12. The number of para-hydroxylation sites is 1. The molecule has 6 N–H and O–H groups in total. The molecular weight excluding hydrogens is 802 g/mol. The van der Waals surface area contributed by atoms with Gasteiger partial charge < -0.3 is 36.4 Å². The predicted octanol–water partition coefficient (Wildman–Crippen LogP) is 0.712. The van der Waals surface area contributed by atoms with Gasteiger partial charge in [-0.05, 0) is 44.2 Å². The number of likely N-dealkylation sites (tertiary alicyclic amines) is 1. The van der Waals surface area contributed by atoms with E-state index in [0.717, 1.165) is 37.0 Å². The number of aliphatic carboxylic acids is 2. The van der Waals surface area contributed by atoms with E-state index in [0.29, 0.717) is 68.7 Å². The lowest BCUT2D eigenvalue weighted by Crippen LogP contribution is -2.48. The van der Waals surface area contributed by atoms with Crippen LogP contribution in [0.2, 0.25) is 0 Å². The molecule has 1 atom stereocenters. The Balaban J connectivity index is 0.000000272. The van der Waals surface area contributed by atoms with Gasteiger partial charge in [-0.3, -0.25) is 53.2 Å². The summed E-state index contributed by atoms with van der Waals surface area (Å²) in [5.74, 6) is -6.34. The van der Waals surface area contributed by atoms with Crippen molar-refractivity contribution in [2.24, 2.45) is 0 Å². The van der Waals surface area contributed by atoms with Crippen LogP contribution in [-0.4, -0.2) is 173 Å². The lowest BCUT2D eigenvalue weighted by molar-refractivity contribution is -0.140. The molecule has 5 amide bonds. The van der Waals surface area contributed by atoms with Crippen LogP contribution in [0, 0.1) is 11.3 Å². The highest BCUT2D eigenvalue weighted by Gasteiger charge is 2.47. The van der Waals surface area contributed by atoms with Gasteiger partial charge in [0.05, 0.1) is 55.6 Å². The Labute approximate surface area is 351 Å². The second-order valence-electron chi connectivity index (χ2n) is 15.3. The van der Waals surface area contributed by atoms with Crippen LogP contribution in [0.4, 0.5) is 14.5 Å². The first kappa shape index (κ1) is 47.8. The average molecular weight is 857 g/mol. The highest BCUT2D eigenvalue weighted by molar-refractivity contribution is 6.09. The number of rotatable bonds is 15. The number of carboxylic acids is 2. The lowest BCUT2D eigenvalue weighted by atomic mass is 9.91. The number of carbonyl (C=O) groups is 7. The summed E-state index contributed by atoms with van der Waals surface area (Å²) in [6.07, 6.45) is 5.85. The van der Waals surface area contributed by atoms with Gasteiger partial charge in [0.1, 0.15) is 6.04 Å². The van der Waals surface area contributed by atoms with E-state index < -0.39 is 55.2 Å². The molecule has 1 aliphatic carbocycles. The molecule has 2 aliphatic heterocycles. The zero-order chi connectivity index (χ0) is 44.5. The van der Waals surface area contributed by atoms with Gasteiger partial charge in [0.15, 0.2) is 0 Å². The van der Waals surface area contributed by atoms with Gasteiger partial charge in [-0.15, -0.1) is 0 Å². The Morgan fingerprint density at radius 2 is 1.43 bits per heavy atom. The number of nitrogens with zero attached hydrogens (tertiary/aromatic N) is 6. The third-order valence-electron chi connectivity index (χ3n) is 10.6. The largest absolute Gasteiger partial charge is 0.480 e. The highest BCUT2D eigenvalue weighted by Crippen LogP contribution is 2.31. The topological polar surface area (TPSA) is 258 Å². The third kappa shape index (κ3) is 15.3.